The van der Waals surface area contributed by atoms with Gasteiger partial charge in [-0.25, -0.2) is 19.6 Å². The number of likely N-dealkylation sites (tertiary alicyclic amines) is 2. The van der Waals surface area contributed by atoms with Crippen LogP contribution in [-0.2, 0) is 22.3 Å². The van der Waals surface area contributed by atoms with Gasteiger partial charge in [-0.05, 0) is 121 Å². The van der Waals surface area contributed by atoms with Gasteiger partial charge >= 0.3 is 12.2 Å². The molecule has 1 aliphatic carbocycles. The summed E-state index contributed by atoms with van der Waals surface area (Å²) in [7, 11) is 0. The molecule has 3 aromatic heterocycles. The normalized spacial score (nSPS) is 19.6. The maximum atomic E-state index is 12.9. The molecule has 254 valence electrons. The summed E-state index contributed by atoms with van der Waals surface area (Å²) < 4.78 is 11.3. The minimum Gasteiger partial charge on any atom is -0.444 e. The van der Waals surface area contributed by atoms with Crippen LogP contribution < -0.4 is 0 Å². The van der Waals surface area contributed by atoms with Crippen LogP contribution in [0.5, 0.6) is 0 Å². The van der Waals surface area contributed by atoms with Crippen molar-refractivity contribution in [1.82, 2.24) is 29.7 Å². The summed E-state index contributed by atoms with van der Waals surface area (Å²) in [5.41, 5.74) is 5.93. The molecule has 3 aliphatic rings. The molecule has 0 saturated carbocycles. The van der Waals surface area contributed by atoms with Crippen molar-refractivity contribution in [2.45, 2.75) is 110 Å². The highest BCUT2D eigenvalue weighted by molar-refractivity contribution is 7.19. The molecule has 7 rings (SSSR count). The Balaban J connectivity index is 1.10. The zero-order valence-corrected chi connectivity index (χ0v) is 29.6. The fourth-order valence-electron chi connectivity index (χ4n) is 7.10. The fourth-order valence-corrected chi connectivity index (χ4v) is 8.33. The molecule has 0 unspecified atom stereocenters. The zero-order valence-electron chi connectivity index (χ0n) is 28.8. The van der Waals surface area contributed by atoms with Crippen molar-refractivity contribution < 1.29 is 19.1 Å². The quantitative estimate of drug-likeness (QED) is 0.224. The highest BCUT2D eigenvalue weighted by Gasteiger charge is 2.36. The minimum atomic E-state index is -0.536. The molecule has 5 heterocycles. The Kier molecular flexibility index (Phi) is 8.38. The van der Waals surface area contributed by atoms with Gasteiger partial charge in [-0.1, -0.05) is 12.1 Å². The van der Waals surface area contributed by atoms with Gasteiger partial charge in [-0.15, -0.1) is 11.3 Å². The SMILES string of the molecule is CC(C)(C)OC(=O)N1CCC[C@H]1c1ncc(-c2ccc3c(c2)CCCc2cc(-c4cnc([C@@H]5CCCN5C(=O)OC(C)(C)C)[nH]4)sc2-3)[nH]1. The summed E-state index contributed by atoms with van der Waals surface area (Å²) in [4.78, 5) is 48.4. The van der Waals surface area contributed by atoms with Gasteiger partial charge < -0.3 is 19.4 Å². The van der Waals surface area contributed by atoms with Crippen molar-refractivity contribution >= 4 is 23.5 Å². The molecule has 2 N–H and O–H groups in total. The summed E-state index contributed by atoms with van der Waals surface area (Å²) >= 11 is 1.80. The number of carbonyl (C=O) groups is 2. The lowest BCUT2D eigenvalue weighted by Crippen LogP contribution is -2.36. The van der Waals surface area contributed by atoms with Crippen LogP contribution in [0.2, 0.25) is 0 Å². The third-order valence-electron chi connectivity index (χ3n) is 9.21. The van der Waals surface area contributed by atoms with Gasteiger partial charge in [-0.3, -0.25) is 9.80 Å². The maximum absolute atomic E-state index is 12.9. The van der Waals surface area contributed by atoms with Crippen LogP contribution in [0.4, 0.5) is 9.59 Å². The standard InChI is InChI=1S/C37H46N6O4S/c1-36(2,3)46-34(44)42-16-8-12-28(42)32-38-20-26(40-32)23-14-15-25-22(18-23)10-7-11-24-19-30(48-31(24)25)27-21-39-33(41-27)29-13-9-17-43(29)35(45)47-37(4,5)6/h14-15,18-21,28-29H,7-13,16-17H2,1-6H3,(H,38,40)(H,39,41)/t28-,29-/m0/s1. The first kappa shape index (κ1) is 32.4. The number of amides is 2. The molecule has 1 aromatic carbocycles. The van der Waals surface area contributed by atoms with Crippen LogP contribution in [0.25, 0.3) is 32.3 Å². The minimum absolute atomic E-state index is 0.109. The molecule has 11 heteroatoms. The van der Waals surface area contributed by atoms with Gasteiger partial charge in [0.2, 0.25) is 0 Å². The fraction of sp³-hybridized carbons (Fsp3) is 0.514. The monoisotopic (exact) mass is 670 g/mol. The van der Waals surface area contributed by atoms with Crippen LogP contribution in [-0.4, -0.2) is 66.2 Å². The molecule has 2 fully saturated rings. The number of aromatic amines is 2. The second-order valence-electron chi connectivity index (χ2n) is 15.2. The van der Waals surface area contributed by atoms with E-state index in [1.54, 1.807) is 21.1 Å². The number of hydrogen-bond acceptors (Lipinski definition) is 7. The lowest BCUT2D eigenvalue weighted by molar-refractivity contribution is 0.0208. The van der Waals surface area contributed by atoms with Crippen molar-refractivity contribution in [3.63, 3.8) is 0 Å². The second-order valence-corrected chi connectivity index (χ2v) is 16.3. The van der Waals surface area contributed by atoms with E-state index in [1.807, 2.05) is 53.9 Å². The molecular formula is C37H46N6O4S. The maximum Gasteiger partial charge on any atom is 0.410 e. The molecule has 10 nitrogen and oxygen atoms in total. The van der Waals surface area contributed by atoms with Crippen molar-refractivity contribution in [2.24, 2.45) is 0 Å². The Labute approximate surface area is 286 Å². The number of fused-ring (bicyclic) bond motifs is 3. The lowest BCUT2D eigenvalue weighted by atomic mass is 9.99. The van der Waals surface area contributed by atoms with E-state index in [4.69, 9.17) is 19.4 Å². The molecule has 2 aliphatic heterocycles. The van der Waals surface area contributed by atoms with E-state index in [0.717, 1.165) is 78.4 Å². The first-order valence-electron chi connectivity index (χ1n) is 17.2. The number of nitrogens with zero attached hydrogens (tertiary/aromatic N) is 4. The van der Waals surface area contributed by atoms with E-state index < -0.39 is 11.2 Å². The van der Waals surface area contributed by atoms with Crippen molar-refractivity contribution in [3.05, 3.63) is 59.4 Å². The molecule has 48 heavy (non-hydrogen) atoms. The summed E-state index contributed by atoms with van der Waals surface area (Å²) in [6, 6.07) is 8.79. The van der Waals surface area contributed by atoms with Gasteiger partial charge in [0.1, 0.15) is 22.9 Å². The number of H-pyrrole nitrogens is 2. The number of benzene rings is 1. The number of aryl methyl sites for hydroxylation is 2. The van der Waals surface area contributed by atoms with Crippen LogP contribution in [0, 0.1) is 0 Å². The van der Waals surface area contributed by atoms with E-state index >= 15 is 0 Å². The average Bonchev–Trinajstić information content (AvgIpc) is 3.84. The molecule has 4 aromatic rings. The smallest absolute Gasteiger partial charge is 0.410 e. The van der Waals surface area contributed by atoms with Gasteiger partial charge in [0.05, 0.1) is 40.7 Å². The highest BCUT2D eigenvalue weighted by atomic mass is 32.1. The Morgan fingerprint density at radius 1 is 0.771 bits per heavy atom. The number of nitrogens with one attached hydrogen (secondary N) is 2. The summed E-state index contributed by atoms with van der Waals surface area (Å²) in [6.07, 6.45) is 9.89. The lowest BCUT2D eigenvalue weighted by Gasteiger charge is -2.27. The molecule has 2 atom stereocenters. The summed E-state index contributed by atoms with van der Waals surface area (Å²) in [6.45, 7) is 12.7. The molecule has 0 spiro atoms. The summed E-state index contributed by atoms with van der Waals surface area (Å²) in [5.74, 6) is 1.62. The topological polar surface area (TPSA) is 116 Å². The number of hydrogen-bond donors (Lipinski definition) is 2. The number of aromatic nitrogens is 4. The predicted molar refractivity (Wildman–Crippen MR) is 187 cm³/mol. The number of rotatable bonds is 4. The average molecular weight is 671 g/mol. The first-order chi connectivity index (χ1) is 22.8. The van der Waals surface area contributed by atoms with Crippen LogP contribution >= 0.6 is 11.3 Å². The van der Waals surface area contributed by atoms with E-state index in [1.165, 1.54) is 21.6 Å². The van der Waals surface area contributed by atoms with E-state index in [9.17, 15) is 9.59 Å². The molecule has 2 amide bonds. The van der Waals surface area contributed by atoms with Crippen molar-refractivity contribution in [2.75, 3.05) is 13.1 Å². The summed E-state index contributed by atoms with van der Waals surface area (Å²) in [5, 5.41) is 0. The van der Waals surface area contributed by atoms with Gasteiger partial charge in [0, 0.05) is 18.0 Å². The largest absolute Gasteiger partial charge is 0.444 e. The highest BCUT2D eigenvalue weighted by Crippen LogP contribution is 2.44. The van der Waals surface area contributed by atoms with Gasteiger partial charge in [-0.2, -0.15) is 0 Å². The predicted octanol–water partition coefficient (Wildman–Crippen LogP) is 8.83. The van der Waals surface area contributed by atoms with Crippen molar-refractivity contribution in [3.8, 4) is 32.3 Å². The third kappa shape index (κ3) is 6.61. The number of carbonyl (C=O) groups excluding carboxylic acids is 2. The Morgan fingerprint density at radius 3 is 1.94 bits per heavy atom. The molecule has 2 saturated heterocycles. The number of imidazole rings is 2. The Hall–Kier alpha value is -4.12. The van der Waals surface area contributed by atoms with Gasteiger partial charge in [0.25, 0.3) is 0 Å². The zero-order chi connectivity index (χ0) is 33.8. The van der Waals surface area contributed by atoms with E-state index in [-0.39, 0.29) is 24.3 Å². The second kappa shape index (κ2) is 12.4. The molecular weight excluding hydrogens is 625 g/mol. The van der Waals surface area contributed by atoms with Crippen LogP contribution in [0.1, 0.15) is 109 Å². The Bertz CT molecular complexity index is 1820. The number of ether oxygens (including phenoxy) is 2. The third-order valence-corrected chi connectivity index (χ3v) is 10.5. The van der Waals surface area contributed by atoms with E-state index in [2.05, 4.69) is 34.2 Å². The molecule has 0 radical (unpaired) electrons. The van der Waals surface area contributed by atoms with Crippen LogP contribution in [0.3, 0.4) is 0 Å². The number of thiophene rings is 1. The van der Waals surface area contributed by atoms with Crippen molar-refractivity contribution in [1.29, 1.82) is 0 Å². The van der Waals surface area contributed by atoms with E-state index in [0.29, 0.717) is 13.1 Å². The van der Waals surface area contributed by atoms with Gasteiger partial charge in [0.15, 0.2) is 0 Å². The van der Waals surface area contributed by atoms with Crippen LogP contribution in [0.15, 0.2) is 36.7 Å². The Morgan fingerprint density at radius 2 is 1.33 bits per heavy atom. The molecule has 0 bridgehead atoms. The first-order valence-corrected chi connectivity index (χ1v) is 18.0.